The number of carboxylic acid groups (broad SMARTS) is 1. The normalized spacial score (nSPS) is 15.4. The number of amides is 10. The Kier molecular flexibility index (Phi) is 33.9. The standard InChI is InChI=1S/C55H95N13O13/c1-10-33(8)45(54(79)67-43(29-69)53(78)61-37(21-15-17-23-57)48(73)63-39(25-31(4)5)50(75)66-42(55(80)81)27-35-18-12-11-13-19-35)68-52(77)40(26-32(6)7)64-51(76)41(28-44(59)70)65-49(74)38(24-30(2)3)62-46(71)34(9)60-47(72)36(58)20-14-16-22-56/h11-13,18-19,30-34,36-43,45,69H,10,14-17,20-29,56-58H2,1-9H3,(H2,59,70)(H,60,72)(H,61,78)(H,62,71)(H,63,73)(H,64,76)(H,65,74)(H,66,75)(H,67,79)(H,68,77)(H,80,81)/t33-,34-,36-,37-,38-,39-,40-,41-,42-,43-,45-/m0/s1. The number of aliphatic hydroxyl groups excluding tert-OH is 1. The van der Waals surface area contributed by atoms with Gasteiger partial charge in [0.05, 0.1) is 19.1 Å². The number of carboxylic acids is 1. The summed E-state index contributed by atoms with van der Waals surface area (Å²) in [6.07, 6.45) is 2.09. The molecule has 0 saturated carbocycles. The van der Waals surface area contributed by atoms with E-state index in [0.717, 1.165) is 0 Å². The van der Waals surface area contributed by atoms with Gasteiger partial charge in [0.15, 0.2) is 0 Å². The zero-order chi connectivity index (χ0) is 61.5. The van der Waals surface area contributed by atoms with E-state index >= 15 is 0 Å². The van der Waals surface area contributed by atoms with Crippen LogP contribution in [0, 0.1) is 23.7 Å². The largest absolute Gasteiger partial charge is 0.480 e. The smallest absolute Gasteiger partial charge is 0.326 e. The third-order valence-electron chi connectivity index (χ3n) is 13.2. The molecule has 0 aliphatic rings. The topological polar surface area (TPSA) is 441 Å². The zero-order valence-corrected chi connectivity index (χ0v) is 48.8. The summed E-state index contributed by atoms with van der Waals surface area (Å²) in [4.78, 5) is 148. The van der Waals surface area contributed by atoms with Crippen molar-refractivity contribution in [1.82, 2.24) is 47.9 Å². The molecule has 0 bridgehead atoms. The summed E-state index contributed by atoms with van der Waals surface area (Å²) in [5.41, 5.74) is 23.4. The molecular formula is C55H95N13O13. The van der Waals surface area contributed by atoms with Crippen LogP contribution in [-0.4, -0.2) is 155 Å². The highest BCUT2D eigenvalue weighted by Crippen LogP contribution is 2.15. The Morgan fingerprint density at radius 3 is 1.35 bits per heavy atom. The Morgan fingerprint density at radius 1 is 0.481 bits per heavy atom. The number of unbranched alkanes of at least 4 members (excludes halogenated alkanes) is 2. The molecule has 81 heavy (non-hydrogen) atoms. The molecule has 1 aromatic rings. The maximum atomic E-state index is 14.2. The average molecular weight is 1150 g/mol. The molecule has 1 rings (SSSR count). The van der Waals surface area contributed by atoms with Crippen molar-refractivity contribution in [3.8, 4) is 0 Å². The van der Waals surface area contributed by atoms with Gasteiger partial charge in [-0.15, -0.1) is 0 Å². The number of hydrogen-bond donors (Lipinski definition) is 15. The molecule has 11 atom stereocenters. The summed E-state index contributed by atoms with van der Waals surface area (Å²) in [6.45, 7) is 15.1. The third kappa shape index (κ3) is 28.0. The molecule has 26 heteroatoms. The number of carbonyl (C=O) groups is 11. The van der Waals surface area contributed by atoms with E-state index in [1.165, 1.54) is 6.92 Å². The monoisotopic (exact) mass is 1150 g/mol. The summed E-state index contributed by atoms with van der Waals surface area (Å²) < 4.78 is 0. The van der Waals surface area contributed by atoms with Crippen molar-refractivity contribution < 1.29 is 63.0 Å². The lowest BCUT2D eigenvalue weighted by Crippen LogP contribution is -2.62. The summed E-state index contributed by atoms with van der Waals surface area (Å²) in [7, 11) is 0. The third-order valence-corrected chi connectivity index (χ3v) is 13.2. The lowest BCUT2D eigenvalue weighted by Gasteiger charge is -2.30. The lowest BCUT2D eigenvalue weighted by atomic mass is 9.96. The van der Waals surface area contributed by atoms with E-state index in [2.05, 4.69) is 47.9 Å². The number of aliphatic carboxylic acids is 1. The summed E-state index contributed by atoms with van der Waals surface area (Å²) >= 11 is 0. The van der Waals surface area contributed by atoms with Crippen molar-refractivity contribution in [2.45, 2.75) is 200 Å². The van der Waals surface area contributed by atoms with Gasteiger partial charge in [-0.05, 0) is 101 Å². The lowest BCUT2D eigenvalue weighted by molar-refractivity contribution is -0.142. The van der Waals surface area contributed by atoms with Gasteiger partial charge in [0.1, 0.15) is 54.4 Å². The highest BCUT2D eigenvalue weighted by molar-refractivity contribution is 5.99. The maximum Gasteiger partial charge on any atom is 0.326 e. The molecule has 26 nitrogen and oxygen atoms in total. The molecule has 0 aliphatic carbocycles. The molecule has 0 heterocycles. The minimum Gasteiger partial charge on any atom is -0.480 e. The van der Waals surface area contributed by atoms with Crippen LogP contribution in [0.25, 0.3) is 0 Å². The van der Waals surface area contributed by atoms with Crippen LogP contribution in [0.15, 0.2) is 30.3 Å². The van der Waals surface area contributed by atoms with Crippen LogP contribution < -0.4 is 70.8 Å². The van der Waals surface area contributed by atoms with Gasteiger partial charge in [0.2, 0.25) is 59.1 Å². The second kappa shape index (κ2) is 38.0. The Bertz CT molecular complexity index is 2200. The van der Waals surface area contributed by atoms with Crippen LogP contribution in [0.3, 0.4) is 0 Å². The minimum atomic E-state index is -1.68. The summed E-state index contributed by atoms with van der Waals surface area (Å²) in [6, 6.07) is -4.62. The number of primary amides is 1. The minimum absolute atomic E-state index is 0.0151. The Labute approximate surface area is 476 Å². The van der Waals surface area contributed by atoms with Gasteiger partial charge >= 0.3 is 5.97 Å². The predicted molar refractivity (Wildman–Crippen MR) is 303 cm³/mol. The number of benzene rings is 1. The van der Waals surface area contributed by atoms with E-state index in [-0.39, 0.29) is 56.4 Å². The Morgan fingerprint density at radius 2 is 0.889 bits per heavy atom. The first-order valence-electron chi connectivity index (χ1n) is 28.1. The second-order valence-electron chi connectivity index (χ2n) is 22.0. The van der Waals surface area contributed by atoms with Gasteiger partial charge in [0, 0.05) is 6.42 Å². The fraction of sp³-hybridized carbons (Fsp3) is 0.691. The highest BCUT2D eigenvalue weighted by atomic mass is 16.4. The molecular weight excluding hydrogens is 1050 g/mol. The van der Waals surface area contributed by atoms with E-state index in [4.69, 9.17) is 22.9 Å². The van der Waals surface area contributed by atoms with Crippen molar-refractivity contribution in [2.24, 2.45) is 46.6 Å². The van der Waals surface area contributed by atoms with E-state index in [1.54, 1.807) is 85.7 Å². The van der Waals surface area contributed by atoms with Crippen LogP contribution in [0.1, 0.15) is 139 Å². The van der Waals surface area contributed by atoms with Crippen molar-refractivity contribution in [3.05, 3.63) is 35.9 Å². The highest BCUT2D eigenvalue weighted by Gasteiger charge is 2.37. The Balaban J connectivity index is 3.38. The fourth-order valence-corrected chi connectivity index (χ4v) is 8.43. The van der Waals surface area contributed by atoms with Crippen molar-refractivity contribution in [3.63, 3.8) is 0 Å². The molecule has 0 fully saturated rings. The number of aliphatic hydroxyl groups is 1. The zero-order valence-electron chi connectivity index (χ0n) is 48.8. The maximum absolute atomic E-state index is 14.2. The molecule has 0 saturated heterocycles. The van der Waals surface area contributed by atoms with Gasteiger partial charge in [-0.2, -0.15) is 0 Å². The first kappa shape index (κ1) is 72.2. The molecule has 19 N–H and O–H groups in total. The summed E-state index contributed by atoms with van der Waals surface area (Å²) in [5, 5.41) is 43.4. The van der Waals surface area contributed by atoms with Gasteiger partial charge in [-0.3, -0.25) is 47.9 Å². The quantitative estimate of drug-likeness (QED) is 0.0327. The van der Waals surface area contributed by atoms with Crippen LogP contribution in [-0.2, 0) is 59.2 Å². The first-order chi connectivity index (χ1) is 38.1. The molecule has 0 aliphatic heterocycles. The number of carbonyl (C=O) groups excluding carboxylic acids is 10. The second-order valence-corrected chi connectivity index (χ2v) is 22.0. The van der Waals surface area contributed by atoms with Gasteiger partial charge < -0.3 is 81.0 Å². The van der Waals surface area contributed by atoms with Crippen molar-refractivity contribution in [1.29, 1.82) is 0 Å². The van der Waals surface area contributed by atoms with E-state index in [0.29, 0.717) is 50.6 Å². The predicted octanol–water partition coefficient (Wildman–Crippen LogP) is -1.67. The van der Waals surface area contributed by atoms with Crippen molar-refractivity contribution in [2.75, 3.05) is 19.7 Å². The molecule has 0 aromatic heterocycles. The molecule has 0 unspecified atom stereocenters. The molecule has 0 spiro atoms. The Hall–Kier alpha value is -6.77. The number of nitrogens with two attached hydrogens (primary N) is 4. The number of hydrogen-bond acceptors (Lipinski definition) is 15. The van der Waals surface area contributed by atoms with Crippen molar-refractivity contribution >= 4 is 65.0 Å². The van der Waals surface area contributed by atoms with Crippen LogP contribution >= 0.6 is 0 Å². The van der Waals surface area contributed by atoms with Crippen LogP contribution in [0.2, 0.25) is 0 Å². The molecule has 458 valence electrons. The molecule has 1 aromatic carbocycles. The fourth-order valence-electron chi connectivity index (χ4n) is 8.43. The molecule has 10 amide bonds. The van der Waals surface area contributed by atoms with E-state index in [1.807, 2.05) is 0 Å². The summed E-state index contributed by atoms with van der Waals surface area (Å²) in [5.74, 6) is -11.0. The van der Waals surface area contributed by atoms with Crippen LogP contribution in [0.5, 0.6) is 0 Å². The van der Waals surface area contributed by atoms with Gasteiger partial charge in [-0.1, -0.05) is 98.6 Å². The van der Waals surface area contributed by atoms with Gasteiger partial charge in [-0.25, -0.2) is 4.79 Å². The number of nitrogens with one attached hydrogen (secondary N) is 9. The SMILES string of the molecule is CC[C@H](C)[C@H](NC(=O)[C@H](CC(C)C)NC(=O)[C@H](CC(N)=O)NC(=O)[C@H](CC(C)C)NC(=O)[C@H](C)NC(=O)[C@@H](N)CCCCN)C(=O)N[C@@H](CO)C(=O)N[C@@H](CCCCN)C(=O)N[C@@H](CC(C)C)C(=O)N[C@@H](Cc1ccccc1)C(=O)O. The first-order valence-corrected chi connectivity index (χ1v) is 28.1. The van der Waals surface area contributed by atoms with E-state index in [9.17, 15) is 63.0 Å². The van der Waals surface area contributed by atoms with Crippen LogP contribution in [0.4, 0.5) is 0 Å². The van der Waals surface area contributed by atoms with Gasteiger partial charge in [0.25, 0.3) is 0 Å². The number of rotatable bonds is 40. The average Bonchev–Trinajstić information content (AvgIpc) is 3.39. The van der Waals surface area contributed by atoms with E-state index < -0.39 is 144 Å². The molecule has 0 radical (unpaired) electrons.